The molecular weight excluding hydrogens is 316 g/mol. The normalized spacial score (nSPS) is 25.0. The Morgan fingerprint density at radius 2 is 1.96 bits per heavy atom. The van der Waals surface area contributed by atoms with E-state index in [1.807, 2.05) is 30.3 Å². The van der Waals surface area contributed by atoms with E-state index in [2.05, 4.69) is 20.0 Å². The molecule has 2 aliphatic rings. The van der Waals surface area contributed by atoms with E-state index < -0.39 is 0 Å². The lowest BCUT2D eigenvalue weighted by molar-refractivity contribution is 0.105. The largest absolute Gasteiger partial charge is 0.419 e. The van der Waals surface area contributed by atoms with E-state index in [1.54, 1.807) is 7.11 Å². The lowest BCUT2D eigenvalue weighted by atomic mass is 10.2. The molecule has 2 aromatic rings. The summed E-state index contributed by atoms with van der Waals surface area (Å²) in [5.41, 5.74) is 0.964. The van der Waals surface area contributed by atoms with Crippen molar-refractivity contribution in [3.05, 3.63) is 36.2 Å². The molecule has 0 bridgehead atoms. The molecule has 6 heteroatoms. The van der Waals surface area contributed by atoms with Gasteiger partial charge in [-0.1, -0.05) is 18.2 Å². The molecule has 6 nitrogen and oxygen atoms in total. The summed E-state index contributed by atoms with van der Waals surface area (Å²) < 4.78 is 11.5. The van der Waals surface area contributed by atoms with Gasteiger partial charge in [0.2, 0.25) is 11.8 Å². The maximum atomic E-state index is 5.90. The summed E-state index contributed by atoms with van der Waals surface area (Å²) in [5, 5.41) is 8.47. The zero-order valence-electron chi connectivity index (χ0n) is 14.8. The fourth-order valence-corrected chi connectivity index (χ4v) is 3.94. The van der Waals surface area contributed by atoms with Gasteiger partial charge in [-0.2, -0.15) is 0 Å². The van der Waals surface area contributed by atoms with Crippen LogP contribution in [0.4, 0.5) is 0 Å². The van der Waals surface area contributed by atoms with E-state index in [1.165, 1.54) is 25.9 Å². The molecule has 0 saturated carbocycles. The molecule has 0 spiro atoms. The number of nitrogens with zero attached hydrogens (tertiary/aromatic N) is 4. The lowest BCUT2D eigenvalue weighted by Crippen LogP contribution is -2.39. The summed E-state index contributed by atoms with van der Waals surface area (Å²) in [6.07, 6.45) is 4.02. The van der Waals surface area contributed by atoms with Crippen LogP contribution in [0, 0.1) is 0 Å². The third-order valence-electron chi connectivity index (χ3n) is 5.32. The van der Waals surface area contributed by atoms with Crippen LogP contribution in [0.25, 0.3) is 11.5 Å². The molecule has 1 aromatic carbocycles. The molecule has 1 aromatic heterocycles. The van der Waals surface area contributed by atoms with Crippen molar-refractivity contribution >= 4 is 0 Å². The summed E-state index contributed by atoms with van der Waals surface area (Å²) in [7, 11) is 1.81. The van der Waals surface area contributed by atoms with Crippen molar-refractivity contribution in [2.24, 2.45) is 0 Å². The molecule has 2 atom stereocenters. The van der Waals surface area contributed by atoms with Gasteiger partial charge in [-0.05, 0) is 44.5 Å². The fraction of sp³-hybridized carbons (Fsp3) is 0.579. The first kappa shape index (κ1) is 16.7. The van der Waals surface area contributed by atoms with E-state index in [4.69, 9.17) is 9.15 Å². The molecule has 0 unspecified atom stereocenters. The summed E-state index contributed by atoms with van der Waals surface area (Å²) in [6.45, 7) is 5.18. The van der Waals surface area contributed by atoms with E-state index in [0.29, 0.717) is 30.5 Å². The van der Waals surface area contributed by atoms with Gasteiger partial charge in [0.15, 0.2) is 0 Å². The van der Waals surface area contributed by atoms with Gasteiger partial charge in [-0.3, -0.25) is 4.90 Å². The van der Waals surface area contributed by atoms with Gasteiger partial charge in [-0.25, -0.2) is 0 Å². The minimum absolute atomic E-state index is 0.295. The van der Waals surface area contributed by atoms with Crippen molar-refractivity contribution in [3.8, 4) is 11.5 Å². The number of hydrogen-bond donors (Lipinski definition) is 0. The minimum Gasteiger partial charge on any atom is -0.419 e. The molecule has 134 valence electrons. The Balaban J connectivity index is 1.43. The highest BCUT2D eigenvalue weighted by atomic mass is 16.5. The summed E-state index contributed by atoms with van der Waals surface area (Å²) in [4.78, 5) is 5.01. The zero-order valence-corrected chi connectivity index (χ0v) is 14.8. The molecule has 2 aliphatic heterocycles. The smallest absolute Gasteiger partial charge is 0.247 e. The molecule has 0 amide bonds. The minimum atomic E-state index is 0.295. The van der Waals surface area contributed by atoms with Crippen LogP contribution >= 0.6 is 0 Å². The number of ether oxygens (including phenoxy) is 1. The highest BCUT2D eigenvalue weighted by Gasteiger charge is 2.34. The summed E-state index contributed by atoms with van der Waals surface area (Å²) in [6, 6.07) is 10.4. The molecule has 0 N–H and O–H groups in total. The fourth-order valence-electron chi connectivity index (χ4n) is 3.94. The number of likely N-dealkylation sites (tertiary alicyclic amines) is 2. The third-order valence-corrected chi connectivity index (χ3v) is 5.32. The maximum Gasteiger partial charge on any atom is 0.247 e. The van der Waals surface area contributed by atoms with Crippen LogP contribution in [0.5, 0.6) is 0 Å². The van der Waals surface area contributed by atoms with Crippen LogP contribution in [0.3, 0.4) is 0 Å². The van der Waals surface area contributed by atoms with Gasteiger partial charge in [0.05, 0.1) is 12.6 Å². The number of rotatable bonds is 6. The summed E-state index contributed by atoms with van der Waals surface area (Å²) in [5.74, 6) is 1.27. The first-order valence-electron chi connectivity index (χ1n) is 9.19. The Hall–Kier alpha value is -1.76. The summed E-state index contributed by atoms with van der Waals surface area (Å²) >= 11 is 0. The van der Waals surface area contributed by atoms with Crippen LogP contribution in [-0.2, 0) is 11.3 Å². The van der Waals surface area contributed by atoms with Crippen molar-refractivity contribution in [2.45, 2.75) is 38.0 Å². The molecule has 2 fully saturated rings. The molecule has 3 heterocycles. The van der Waals surface area contributed by atoms with Gasteiger partial charge >= 0.3 is 0 Å². The molecule has 0 radical (unpaired) electrons. The van der Waals surface area contributed by atoms with Crippen molar-refractivity contribution in [2.75, 3.05) is 33.3 Å². The van der Waals surface area contributed by atoms with E-state index in [-0.39, 0.29) is 0 Å². The molecule has 2 saturated heterocycles. The van der Waals surface area contributed by atoms with E-state index in [9.17, 15) is 0 Å². The Labute approximate surface area is 148 Å². The van der Waals surface area contributed by atoms with Crippen molar-refractivity contribution < 1.29 is 9.15 Å². The number of methoxy groups -OCH3 is 1. The van der Waals surface area contributed by atoms with Crippen molar-refractivity contribution in [1.29, 1.82) is 0 Å². The second-order valence-corrected chi connectivity index (χ2v) is 7.05. The Morgan fingerprint density at radius 3 is 2.72 bits per heavy atom. The van der Waals surface area contributed by atoms with Crippen molar-refractivity contribution in [3.63, 3.8) is 0 Å². The van der Waals surface area contributed by atoms with Gasteiger partial charge in [0, 0.05) is 31.8 Å². The SMILES string of the molecule is CO[C@H]1C[C@@H](CN2CCCC2)N(Cc2nnc(-c3ccccc3)o2)C1. The van der Waals surface area contributed by atoms with E-state index >= 15 is 0 Å². The van der Waals surface area contributed by atoms with Crippen LogP contribution < -0.4 is 0 Å². The Morgan fingerprint density at radius 1 is 1.16 bits per heavy atom. The van der Waals surface area contributed by atoms with Crippen LogP contribution in [0.2, 0.25) is 0 Å². The number of hydrogen-bond acceptors (Lipinski definition) is 6. The van der Waals surface area contributed by atoms with Crippen LogP contribution in [-0.4, -0.2) is 65.4 Å². The molecule has 25 heavy (non-hydrogen) atoms. The van der Waals surface area contributed by atoms with Crippen LogP contribution in [0.1, 0.15) is 25.2 Å². The van der Waals surface area contributed by atoms with Gasteiger partial charge in [0.1, 0.15) is 0 Å². The van der Waals surface area contributed by atoms with Gasteiger partial charge < -0.3 is 14.1 Å². The van der Waals surface area contributed by atoms with Gasteiger partial charge in [-0.15, -0.1) is 10.2 Å². The Kier molecular flexibility index (Phi) is 5.10. The standard InChI is InChI=1S/C19H26N4O2/c1-24-17-11-16(12-22-9-5-6-10-22)23(13-17)14-18-20-21-19(25-18)15-7-3-2-4-8-15/h2-4,7-8,16-17H,5-6,9-14H2,1H3/t16-,17-/m0/s1. The number of aromatic nitrogens is 2. The van der Waals surface area contributed by atoms with Gasteiger partial charge in [0.25, 0.3) is 0 Å². The number of benzene rings is 1. The zero-order chi connectivity index (χ0) is 17.1. The first-order chi connectivity index (χ1) is 12.3. The predicted molar refractivity (Wildman–Crippen MR) is 95.0 cm³/mol. The second-order valence-electron chi connectivity index (χ2n) is 7.05. The highest BCUT2D eigenvalue weighted by Crippen LogP contribution is 2.25. The van der Waals surface area contributed by atoms with Crippen LogP contribution in [0.15, 0.2) is 34.7 Å². The second kappa shape index (κ2) is 7.64. The monoisotopic (exact) mass is 342 g/mol. The first-order valence-corrected chi connectivity index (χ1v) is 9.19. The third kappa shape index (κ3) is 3.92. The lowest BCUT2D eigenvalue weighted by Gasteiger charge is -2.26. The molecule has 4 rings (SSSR count). The highest BCUT2D eigenvalue weighted by molar-refractivity contribution is 5.51. The molecule has 0 aliphatic carbocycles. The topological polar surface area (TPSA) is 54.6 Å². The Bertz CT molecular complexity index is 669. The maximum absolute atomic E-state index is 5.90. The van der Waals surface area contributed by atoms with E-state index in [0.717, 1.165) is 25.1 Å². The molecular formula is C19H26N4O2. The predicted octanol–water partition coefficient (Wildman–Crippen LogP) is 2.42. The average molecular weight is 342 g/mol. The quantitative estimate of drug-likeness (QED) is 0.804. The van der Waals surface area contributed by atoms with Crippen molar-refractivity contribution in [1.82, 2.24) is 20.0 Å². The average Bonchev–Trinajstić information content (AvgIpc) is 3.39.